The Morgan fingerprint density at radius 1 is 1.26 bits per heavy atom. The van der Waals surface area contributed by atoms with Gasteiger partial charge in [0.15, 0.2) is 5.66 Å². The van der Waals surface area contributed by atoms with Crippen LogP contribution in [0.25, 0.3) is 0 Å². The molecule has 4 nitrogen and oxygen atoms in total. The van der Waals surface area contributed by atoms with Gasteiger partial charge in [-0.1, -0.05) is 12.1 Å². The number of anilines is 1. The maximum atomic E-state index is 12.6. The van der Waals surface area contributed by atoms with Crippen LogP contribution in [0.4, 0.5) is 5.69 Å². The molecule has 0 aliphatic carbocycles. The van der Waals surface area contributed by atoms with Gasteiger partial charge in [-0.25, -0.2) is 0 Å². The fourth-order valence-electron chi connectivity index (χ4n) is 2.67. The molecule has 2 heterocycles. The second-order valence-electron chi connectivity index (χ2n) is 4.77. The van der Waals surface area contributed by atoms with E-state index in [0.29, 0.717) is 12.1 Å². The standard InChI is InChI=1S/C15H16N2O2/c1-3-17-14(18)11-7-4-5-8-12(11)16-15(17,2)13-9-6-10-19-13/h4-10,16H,3H2,1-2H3/t15-/m1/s1. The van der Waals surface area contributed by atoms with E-state index < -0.39 is 5.66 Å². The van der Waals surface area contributed by atoms with Gasteiger partial charge >= 0.3 is 0 Å². The molecule has 0 radical (unpaired) electrons. The maximum Gasteiger partial charge on any atom is 0.258 e. The molecule has 0 unspecified atom stereocenters. The third-order valence-corrected chi connectivity index (χ3v) is 3.64. The molecular formula is C15H16N2O2. The number of amides is 1. The van der Waals surface area contributed by atoms with Crippen LogP contribution in [-0.4, -0.2) is 17.4 Å². The zero-order chi connectivity index (χ0) is 13.5. The summed E-state index contributed by atoms with van der Waals surface area (Å²) in [7, 11) is 0. The predicted molar refractivity (Wildman–Crippen MR) is 72.8 cm³/mol. The molecule has 0 fully saturated rings. The Hall–Kier alpha value is -2.23. The van der Waals surface area contributed by atoms with E-state index in [1.807, 2.05) is 50.2 Å². The van der Waals surface area contributed by atoms with Gasteiger partial charge in [-0.3, -0.25) is 4.79 Å². The molecule has 98 valence electrons. The zero-order valence-corrected chi connectivity index (χ0v) is 11.0. The van der Waals surface area contributed by atoms with E-state index in [1.54, 1.807) is 11.2 Å². The van der Waals surface area contributed by atoms with E-state index in [1.165, 1.54) is 0 Å². The third kappa shape index (κ3) is 1.63. The quantitative estimate of drug-likeness (QED) is 0.898. The van der Waals surface area contributed by atoms with E-state index >= 15 is 0 Å². The molecule has 1 atom stereocenters. The van der Waals surface area contributed by atoms with Crippen molar-refractivity contribution in [3.05, 3.63) is 54.0 Å². The lowest BCUT2D eigenvalue weighted by Gasteiger charge is -2.44. The number of nitrogens with zero attached hydrogens (tertiary/aromatic N) is 1. The van der Waals surface area contributed by atoms with Crippen molar-refractivity contribution in [3.8, 4) is 0 Å². The van der Waals surface area contributed by atoms with Crippen LogP contribution >= 0.6 is 0 Å². The molecule has 1 aromatic heterocycles. The molecule has 0 spiro atoms. The second-order valence-corrected chi connectivity index (χ2v) is 4.77. The van der Waals surface area contributed by atoms with Gasteiger partial charge in [0.05, 0.1) is 11.8 Å². The van der Waals surface area contributed by atoms with Crippen molar-refractivity contribution in [2.45, 2.75) is 19.5 Å². The normalized spacial score (nSPS) is 22.0. The van der Waals surface area contributed by atoms with Crippen LogP contribution in [0.3, 0.4) is 0 Å². The van der Waals surface area contributed by atoms with Gasteiger partial charge in [-0.15, -0.1) is 0 Å². The Morgan fingerprint density at radius 3 is 2.74 bits per heavy atom. The third-order valence-electron chi connectivity index (χ3n) is 3.64. The van der Waals surface area contributed by atoms with E-state index in [2.05, 4.69) is 5.32 Å². The molecule has 1 N–H and O–H groups in total. The van der Waals surface area contributed by atoms with Gasteiger partial charge < -0.3 is 14.6 Å². The smallest absolute Gasteiger partial charge is 0.258 e. The summed E-state index contributed by atoms with van der Waals surface area (Å²) < 4.78 is 5.52. The number of fused-ring (bicyclic) bond motifs is 1. The van der Waals surface area contributed by atoms with Gasteiger partial charge in [0.1, 0.15) is 5.76 Å². The van der Waals surface area contributed by atoms with Gasteiger partial charge in [0.2, 0.25) is 0 Å². The molecule has 1 amide bonds. The van der Waals surface area contributed by atoms with Crippen molar-refractivity contribution in [1.29, 1.82) is 0 Å². The summed E-state index contributed by atoms with van der Waals surface area (Å²) in [4.78, 5) is 14.4. The van der Waals surface area contributed by atoms with Gasteiger partial charge in [-0.05, 0) is 38.1 Å². The highest BCUT2D eigenvalue weighted by Crippen LogP contribution is 2.37. The zero-order valence-electron chi connectivity index (χ0n) is 11.0. The summed E-state index contributed by atoms with van der Waals surface area (Å²) in [6.07, 6.45) is 1.63. The average molecular weight is 256 g/mol. The summed E-state index contributed by atoms with van der Waals surface area (Å²) in [5.74, 6) is 0.757. The van der Waals surface area contributed by atoms with E-state index in [9.17, 15) is 4.79 Å². The molecule has 0 bridgehead atoms. The van der Waals surface area contributed by atoms with Crippen LogP contribution in [0.2, 0.25) is 0 Å². The number of para-hydroxylation sites is 1. The van der Waals surface area contributed by atoms with Crippen molar-refractivity contribution in [3.63, 3.8) is 0 Å². The fourth-order valence-corrected chi connectivity index (χ4v) is 2.67. The first-order valence-corrected chi connectivity index (χ1v) is 6.40. The summed E-state index contributed by atoms with van der Waals surface area (Å²) in [5.41, 5.74) is 0.897. The Balaban J connectivity index is 2.15. The van der Waals surface area contributed by atoms with Gasteiger partial charge in [0.25, 0.3) is 5.91 Å². The molecule has 19 heavy (non-hydrogen) atoms. The lowest BCUT2D eigenvalue weighted by Crippen LogP contribution is -2.55. The van der Waals surface area contributed by atoms with Crippen molar-refractivity contribution < 1.29 is 9.21 Å². The minimum Gasteiger partial charge on any atom is -0.465 e. The number of rotatable bonds is 2. The highest BCUT2D eigenvalue weighted by atomic mass is 16.3. The van der Waals surface area contributed by atoms with Crippen LogP contribution < -0.4 is 5.32 Å². The molecule has 0 saturated carbocycles. The minimum absolute atomic E-state index is 0.0238. The van der Waals surface area contributed by atoms with Crippen molar-refractivity contribution >= 4 is 11.6 Å². The maximum absolute atomic E-state index is 12.6. The molecule has 4 heteroatoms. The highest BCUT2D eigenvalue weighted by molar-refractivity contribution is 6.02. The minimum atomic E-state index is -0.649. The largest absolute Gasteiger partial charge is 0.465 e. The Morgan fingerprint density at radius 2 is 2.05 bits per heavy atom. The monoisotopic (exact) mass is 256 g/mol. The predicted octanol–water partition coefficient (Wildman–Crippen LogP) is 3.04. The fraction of sp³-hybridized carbons (Fsp3) is 0.267. The summed E-state index contributed by atoms with van der Waals surface area (Å²) >= 11 is 0. The lowest BCUT2D eigenvalue weighted by molar-refractivity contribution is 0.0505. The van der Waals surface area contributed by atoms with Crippen LogP contribution in [0.5, 0.6) is 0 Å². The van der Waals surface area contributed by atoms with Crippen molar-refractivity contribution in [2.24, 2.45) is 0 Å². The number of benzene rings is 1. The van der Waals surface area contributed by atoms with Crippen LogP contribution in [0.1, 0.15) is 30.0 Å². The van der Waals surface area contributed by atoms with Crippen LogP contribution in [-0.2, 0) is 5.66 Å². The first kappa shape index (κ1) is 11.8. The molecule has 1 aliphatic heterocycles. The van der Waals surface area contributed by atoms with Gasteiger partial charge in [0, 0.05) is 12.2 Å². The highest BCUT2D eigenvalue weighted by Gasteiger charge is 2.43. The molecular weight excluding hydrogens is 240 g/mol. The average Bonchev–Trinajstić information content (AvgIpc) is 2.94. The molecule has 3 rings (SSSR count). The van der Waals surface area contributed by atoms with E-state index in [0.717, 1.165) is 11.4 Å². The summed E-state index contributed by atoms with van der Waals surface area (Å²) in [5, 5.41) is 3.42. The SMILES string of the molecule is CCN1C(=O)c2ccccc2N[C@@]1(C)c1ccco1. The van der Waals surface area contributed by atoms with E-state index in [4.69, 9.17) is 4.42 Å². The number of nitrogens with one attached hydrogen (secondary N) is 1. The second kappa shape index (κ2) is 4.16. The summed E-state index contributed by atoms with van der Waals surface area (Å²) in [6, 6.07) is 11.3. The van der Waals surface area contributed by atoms with Gasteiger partial charge in [-0.2, -0.15) is 0 Å². The number of hydrogen-bond acceptors (Lipinski definition) is 3. The lowest BCUT2D eigenvalue weighted by atomic mass is 9.98. The number of carbonyl (C=O) groups is 1. The van der Waals surface area contributed by atoms with Crippen LogP contribution in [0.15, 0.2) is 47.1 Å². The topological polar surface area (TPSA) is 45.5 Å². The molecule has 1 aromatic carbocycles. The van der Waals surface area contributed by atoms with Crippen LogP contribution in [0, 0.1) is 0 Å². The van der Waals surface area contributed by atoms with Crippen molar-refractivity contribution in [1.82, 2.24) is 4.90 Å². The summed E-state index contributed by atoms with van der Waals surface area (Å²) in [6.45, 7) is 4.54. The van der Waals surface area contributed by atoms with E-state index in [-0.39, 0.29) is 5.91 Å². The number of carbonyl (C=O) groups excluding carboxylic acids is 1. The Kier molecular flexibility index (Phi) is 2.59. The Labute approximate surface area is 112 Å². The Bertz CT molecular complexity index is 606. The molecule has 0 saturated heterocycles. The first-order chi connectivity index (χ1) is 9.16. The van der Waals surface area contributed by atoms with Crippen molar-refractivity contribution in [2.75, 3.05) is 11.9 Å². The number of furan rings is 1. The molecule has 1 aliphatic rings. The first-order valence-electron chi connectivity index (χ1n) is 6.40. The number of hydrogen-bond donors (Lipinski definition) is 1. The molecule has 2 aromatic rings.